The van der Waals surface area contributed by atoms with Crippen LogP contribution in [-0.4, -0.2) is 14.8 Å². The van der Waals surface area contributed by atoms with Crippen molar-refractivity contribution in [1.29, 1.82) is 0 Å². The molecule has 0 unspecified atom stereocenters. The second-order valence-electron chi connectivity index (χ2n) is 3.94. The van der Waals surface area contributed by atoms with Gasteiger partial charge in [-0.25, -0.2) is 8.78 Å². The Bertz CT molecular complexity index is 578. The highest BCUT2D eigenvalue weighted by atomic mass is 19.1. The van der Waals surface area contributed by atoms with Gasteiger partial charge in [0.05, 0.1) is 12.1 Å². The minimum absolute atomic E-state index is 0.149. The number of nitrogens with two attached hydrogens (primary N) is 1. The topological polar surface area (TPSA) is 56.7 Å². The maximum absolute atomic E-state index is 14.0. The highest BCUT2D eigenvalue weighted by Crippen LogP contribution is 2.27. The van der Waals surface area contributed by atoms with Crippen molar-refractivity contribution >= 4 is 0 Å². The Hall–Kier alpha value is -1.82. The first-order valence-corrected chi connectivity index (χ1v) is 5.67. The molecule has 0 aliphatic rings. The molecule has 1 heterocycles. The van der Waals surface area contributed by atoms with Gasteiger partial charge in [-0.05, 0) is 25.5 Å². The monoisotopic (exact) mass is 252 g/mol. The van der Waals surface area contributed by atoms with Crippen molar-refractivity contribution in [2.75, 3.05) is 0 Å². The van der Waals surface area contributed by atoms with Gasteiger partial charge in [0.15, 0.2) is 5.82 Å². The van der Waals surface area contributed by atoms with Gasteiger partial charge >= 0.3 is 0 Å². The molecule has 0 spiro atoms. The molecule has 2 rings (SSSR count). The van der Waals surface area contributed by atoms with Gasteiger partial charge in [0.2, 0.25) is 0 Å². The van der Waals surface area contributed by atoms with Crippen molar-refractivity contribution in [2.24, 2.45) is 5.73 Å². The lowest BCUT2D eigenvalue weighted by Gasteiger charge is -2.09. The van der Waals surface area contributed by atoms with E-state index in [1.54, 1.807) is 11.5 Å². The molecule has 0 radical (unpaired) electrons. The van der Waals surface area contributed by atoms with Crippen LogP contribution in [-0.2, 0) is 13.1 Å². The van der Waals surface area contributed by atoms with Crippen molar-refractivity contribution in [3.8, 4) is 11.4 Å². The normalized spacial score (nSPS) is 10.9. The fourth-order valence-corrected chi connectivity index (χ4v) is 1.87. The number of hydrogen-bond acceptors (Lipinski definition) is 3. The lowest BCUT2D eigenvalue weighted by atomic mass is 10.1. The maximum atomic E-state index is 14.0. The third-order valence-electron chi connectivity index (χ3n) is 2.83. The molecule has 18 heavy (non-hydrogen) atoms. The summed E-state index contributed by atoms with van der Waals surface area (Å²) in [6, 6.07) is 2.62. The standard InChI is InChI=1S/C12H14F2N4/c1-3-18-9(6-15)16-17-12(18)10-8(13)5-4-7(2)11(10)14/h4-5H,3,6,15H2,1-2H3. The van der Waals surface area contributed by atoms with E-state index in [4.69, 9.17) is 5.73 Å². The average Bonchev–Trinajstić information content (AvgIpc) is 2.77. The van der Waals surface area contributed by atoms with Gasteiger partial charge in [-0.15, -0.1) is 10.2 Å². The average molecular weight is 252 g/mol. The molecule has 0 amide bonds. The Morgan fingerprint density at radius 1 is 1.28 bits per heavy atom. The summed E-state index contributed by atoms with van der Waals surface area (Å²) in [5.41, 5.74) is 5.73. The van der Waals surface area contributed by atoms with Crippen molar-refractivity contribution in [3.05, 3.63) is 35.2 Å². The van der Waals surface area contributed by atoms with E-state index >= 15 is 0 Å². The summed E-state index contributed by atoms with van der Waals surface area (Å²) in [7, 11) is 0. The summed E-state index contributed by atoms with van der Waals surface area (Å²) in [6.07, 6.45) is 0. The van der Waals surface area contributed by atoms with Gasteiger partial charge in [-0.2, -0.15) is 0 Å². The van der Waals surface area contributed by atoms with E-state index in [1.165, 1.54) is 12.1 Å². The molecule has 0 bridgehead atoms. The van der Waals surface area contributed by atoms with Crippen molar-refractivity contribution < 1.29 is 8.78 Å². The molecule has 0 atom stereocenters. The Morgan fingerprint density at radius 3 is 2.61 bits per heavy atom. The molecule has 0 aliphatic heterocycles. The molecule has 1 aromatic heterocycles. The predicted molar refractivity (Wildman–Crippen MR) is 63.7 cm³/mol. The Balaban J connectivity index is 2.69. The van der Waals surface area contributed by atoms with Crippen LogP contribution in [0.15, 0.2) is 12.1 Å². The molecule has 0 saturated heterocycles. The first kappa shape index (κ1) is 12.6. The van der Waals surface area contributed by atoms with Crippen molar-refractivity contribution in [3.63, 3.8) is 0 Å². The minimum Gasteiger partial charge on any atom is -0.324 e. The summed E-state index contributed by atoms with van der Waals surface area (Å²) in [5.74, 6) is -0.575. The van der Waals surface area contributed by atoms with Crippen LogP contribution in [0.1, 0.15) is 18.3 Å². The third-order valence-corrected chi connectivity index (χ3v) is 2.83. The number of aryl methyl sites for hydroxylation is 1. The van der Waals surface area contributed by atoms with Crippen LogP contribution in [0.25, 0.3) is 11.4 Å². The van der Waals surface area contributed by atoms with E-state index < -0.39 is 11.6 Å². The summed E-state index contributed by atoms with van der Waals surface area (Å²) in [6.45, 7) is 4.10. The molecule has 6 heteroatoms. The summed E-state index contributed by atoms with van der Waals surface area (Å²) < 4.78 is 29.4. The molecule has 0 fully saturated rings. The van der Waals surface area contributed by atoms with E-state index in [2.05, 4.69) is 10.2 Å². The summed E-state index contributed by atoms with van der Waals surface area (Å²) >= 11 is 0. The lowest BCUT2D eigenvalue weighted by Crippen LogP contribution is -2.09. The van der Waals surface area contributed by atoms with Gasteiger partial charge in [0, 0.05) is 6.54 Å². The smallest absolute Gasteiger partial charge is 0.169 e. The molecule has 96 valence electrons. The van der Waals surface area contributed by atoms with Crippen LogP contribution in [0, 0.1) is 18.6 Å². The zero-order valence-corrected chi connectivity index (χ0v) is 10.2. The summed E-state index contributed by atoms with van der Waals surface area (Å²) in [5, 5.41) is 7.69. The SMILES string of the molecule is CCn1c(CN)nnc1-c1c(F)ccc(C)c1F. The second-order valence-corrected chi connectivity index (χ2v) is 3.94. The highest BCUT2D eigenvalue weighted by molar-refractivity contribution is 5.58. The van der Waals surface area contributed by atoms with E-state index in [0.29, 0.717) is 17.9 Å². The predicted octanol–water partition coefficient (Wildman–Crippen LogP) is 2.01. The molecule has 0 aliphatic carbocycles. The highest BCUT2D eigenvalue weighted by Gasteiger charge is 2.20. The zero-order valence-electron chi connectivity index (χ0n) is 10.2. The molecule has 1 aromatic carbocycles. The number of nitrogens with zero attached hydrogens (tertiary/aromatic N) is 3. The summed E-state index contributed by atoms with van der Waals surface area (Å²) in [4.78, 5) is 0. The van der Waals surface area contributed by atoms with Crippen LogP contribution < -0.4 is 5.73 Å². The minimum atomic E-state index is -0.649. The van der Waals surface area contributed by atoms with E-state index in [-0.39, 0.29) is 17.9 Å². The molecule has 2 N–H and O–H groups in total. The fourth-order valence-electron chi connectivity index (χ4n) is 1.87. The van der Waals surface area contributed by atoms with Crippen molar-refractivity contribution in [2.45, 2.75) is 26.9 Å². The fraction of sp³-hybridized carbons (Fsp3) is 0.333. The van der Waals surface area contributed by atoms with Crippen LogP contribution in [0.2, 0.25) is 0 Å². The van der Waals surface area contributed by atoms with Crippen molar-refractivity contribution in [1.82, 2.24) is 14.8 Å². The van der Waals surface area contributed by atoms with Gasteiger partial charge in [-0.3, -0.25) is 0 Å². The second kappa shape index (κ2) is 4.81. The quantitative estimate of drug-likeness (QED) is 0.909. The first-order chi connectivity index (χ1) is 8.60. The third kappa shape index (κ3) is 1.88. The number of hydrogen-bond donors (Lipinski definition) is 1. The van der Waals surface area contributed by atoms with Gasteiger partial charge < -0.3 is 10.3 Å². The van der Waals surface area contributed by atoms with Gasteiger partial charge in [0.25, 0.3) is 0 Å². The number of benzene rings is 1. The maximum Gasteiger partial charge on any atom is 0.169 e. The molecular weight excluding hydrogens is 238 g/mol. The Morgan fingerprint density at radius 2 is 2.00 bits per heavy atom. The molecule has 0 saturated carbocycles. The van der Waals surface area contributed by atoms with E-state index in [1.807, 2.05) is 6.92 Å². The molecular formula is C12H14F2N4. The number of rotatable bonds is 3. The van der Waals surface area contributed by atoms with Crippen LogP contribution in [0.4, 0.5) is 8.78 Å². The Labute approximate surface area is 103 Å². The van der Waals surface area contributed by atoms with Gasteiger partial charge in [0.1, 0.15) is 17.5 Å². The first-order valence-electron chi connectivity index (χ1n) is 5.67. The van der Waals surface area contributed by atoms with E-state index in [9.17, 15) is 8.78 Å². The molecule has 2 aromatic rings. The van der Waals surface area contributed by atoms with Crippen LogP contribution in [0.5, 0.6) is 0 Å². The number of aromatic nitrogens is 3. The largest absolute Gasteiger partial charge is 0.324 e. The van der Waals surface area contributed by atoms with Crippen LogP contribution >= 0.6 is 0 Å². The zero-order chi connectivity index (χ0) is 13.3. The van der Waals surface area contributed by atoms with Crippen LogP contribution in [0.3, 0.4) is 0 Å². The van der Waals surface area contributed by atoms with E-state index in [0.717, 1.165) is 0 Å². The molecule has 4 nitrogen and oxygen atoms in total. The van der Waals surface area contributed by atoms with Gasteiger partial charge in [-0.1, -0.05) is 6.07 Å². The number of halogens is 2. The lowest BCUT2D eigenvalue weighted by molar-refractivity contribution is 0.577. The Kier molecular flexibility index (Phi) is 3.38.